The number of hydrogen-bond acceptors (Lipinski definition) is 3. The third-order valence-corrected chi connectivity index (χ3v) is 4.40. The molecule has 112 valence electrons. The SMILES string of the molecule is CCCNCc1cc(Br)cnc1N1CCCC(C)CC1. The Hall–Kier alpha value is -0.610. The van der Waals surface area contributed by atoms with Gasteiger partial charge in [0.2, 0.25) is 0 Å². The lowest BCUT2D eigenvalue weighted by molar-refractivity contribution is 0.521. The normalized spacial score (nSPS) is 19.9. The zero-order valence-corrected chi connectivity index (χ0v) is 14.2. The molecule has 0 amide bonds. The van der Waals surface area contributed by atoms with Gasteiger partial charge in [-0.1, -0.05) is 13.8 Å². The average molecular weight is 340 g/mol. The predicted octanol–water partition coefficient (Wildman–Crippen LogP) is 3.97. The molecule has 0 saturated carbocycles. The van der Waals surface area contributed by atoms with Crippen LogP contribution in [0.15, 0.2) is 16.7 Å². The van der Waals surface area contributed by atoms with Crippen molar-refractivity contribution in [2.75, 3.05) is 24.5 Å². The van der Waals surface area contributed by atoms with Crippen molar-refractivity contribution in [3.63, 3.8) is 0 Å². The maximum Gasteiger partial charge on any atom is 0.133 e. The first-order valence-corrected chi connectivity index (χ1v) is 8.60. The second-order valence-corrected chi connectivity index (χ2v) is 6.75. The van der Waals surface area contributed by atoms with Gasteiger partial charge in [-0.3, -0.25) is 0 Å². The van der Waals surface area contributed by atoms with E-state index < -0.39 is 0 Å². The van der Waals surface area contributed by atoms with Gasteiger partial charge in [0.1, 0.15) is 5.82 Å². The minimum absolute atomic E-state index is 0.845. The number of anilines is 1. The Balaban J connectivity index is 2.12. The topological polar surface area (TPSA) is 28.2 Å². The summed E-state index contributed by atoms with van der Waals surface area (Å²) in [7, 11) is 0. The lowest BCUT2D eigenvalue weighted by atomic mass is 10.0. The van der Waals surface area contributed by atoms with E-state index in [9.17, 15) is 0 Å². The van der Waals surface area contributed by atoms with Gasteiger partial charge in [-0.15, -0.1) is 0 Å². The number of hydrogen-bond donors (Lipinski definition) is 1. The minimum atomic E-state index is 0.845. The first kappa shape index (κ1) is 15.8. The largest absolute Gasteiger partial charge is 0.356 e. The van der Waals surface area contributed by atoms with E-state index in [0.29, 0.717) is 0 Å². The summed E-state index contributed by atoms with van der Waals surface area (Å²) < 4.78 is 1.07. The molecular formula is C16H26BrN3. The van der Waals surface area contributed by atoms with Crippen LogP contribution in [0.25, 0.3) is 0 Å². The van der Waals surface area contributed by atoms with Crippen LogP contribution in [0.2, 0.25) is 0 Å². The molecule has 2 heterocycles. The first-order chi connectivity index (χ1) is 9.70. The van der Waals surface area contributed by atoms with Crippen LogP contribution in [0.1, 0.15) is 45.1 Å². The van der Waals surface area contributed by atoms with Crippen molar-refractivity contribution in [3.05, 3.63) is 22.3 Å². The molecule has 1 aromatic rings. The average Bonchev–Trinajstić information content (AvgIpc) is 2.64. The fraction of sp³-hybridized carbons (Fsp3) is 0.688. The molecule has 1 atom stereocenters. The van der Waals surface area contributed by atoms with E-state index >= 15 is 0 Å². The molecule has 1 N–H and O–H groups in total. The van der Waals surface area contributed by atoms with Crippen LogP contribution in [-0.4, -0.2) is 24.6 Å². The molecule has 0 bridgehead atoms. The Morgan fingerprint density at radius 2 is 2.25 bits per heavy atom. The maximum absolute atomic E-state index is 4.69. The summed E-state index contributed by atoms with van der Waals surface area (Å²) in [5.41, 5.74) is 1.31. The second kappa shape index (κ2) is 7.99. The summed E-state index contributed by atoms with van der Waals surface area (Å²) in [6, 6.07) is 2.21. The summed E-state index contributed by atoms with van der Waals surface area (Å²) in [6.07, 6.45) is 6.99. The fourth-order valence-corrected chi connectivity index (χ4v) is 3.14. The molecule has 2 rings (SSSR count). The minimum Gasteiger partial charge on any atom is -0.356 e. The quantitative estimate of drug-likeness (QED) is 0.822. The molecule has 0 aromatic carbocycles. The van der Waals surface area contributed by atoms with Gasteiger partial charge in [0, 0.05) is 35.9 Å². The fourth-order valence-electron chi connectivity index (χ4n) is 2.76. The van der Waals surface area contributed by atoms with Crippen molar-refractivity contribution in [1.29, 1.82) is 0 Å². The highest BCUT2D eigenvalue weighted by Crippen LogP contribution is 2.25. The standard InChI is InChI=1S/C16H26BrN3/c1-3-7-18-11-14-10-15(17)12-19-16(14)20-8-4-5-13(2)6-9-20/h10,12-13,18H,3-9,11H2,1-2H3. The molecule has 0 spiro atoms. The van der Waals surface area contributed by atoms with E-state index in [1.165, 1.54) is 30.6 Å². The van der Waals surface area contributed by atoms with E-state index in [2.05, 4.69) is 51.0 Å². The highest BCUT2D eigenvalue weighted by molar-refractivity contribution is 9.10. The van der Waals surface area contributed by atoms with Gasteiger partial charge in [-0.25, -0.2) is 4.98 Å². The van der Waals surface area contributed by atoms with Crippen molar-refractivity contribution in [2.24, 2.45) is 5.92 Å². The molecule has 1 aliphatic heterocycles. The molecule has 4 heteroatoms. The number of rotatable bonds is 5. The summed E-state index contributed by atoms with van der Waals surface area (Å²) in [6.45, 7) is 8.80. The lowest BCUT2D eigenvalue weighted by Gasteiger charge is -2.24. The van der Waals surface area contributed by atoms with Crippen LogP contribution in [0, 0.1) is 5.92 Å². The van der Waals surface area contributed by atoms with Crippen LogP contribution < -0.4 is 10.2 Å². The van der Waals surface area contributed by atoms with Crippen molar-refractivity contribution in [1.82, 2.24) is 10.3 Å². The number of nitrogens with one attached hydrogen (secondary N) is 1. The van der Waals surface area contributed by atoms with Gasteiger partial charge in [0.25, 0.3) is 0 Å². The number of aromatic nitrogens is 1. The van der Waals surface area contributed by atoms with E-state index in [0.717, 1.165) is 43.0 Å². The molecular weight excluding hydrogens is 314 g/mol. The van der Waals surface area contributed by atoms with E-state index in [1.807, 2.05) is 6.20 Å². The van der Waals surface area contributed by atoms with Gasteiger partial charge in [0.05, 0.1) is 0 Å². The van der Waals surface area contributed by atoms with E-state index in [1.54, 1.807) is 0 Å². The van der Waals surface area contributed by atoms with Crippen LogP contribution >= 0.6 is 15.9 Å². The zero-order valence-electron chi connectivity index (χ0n) is 12.7. The van der Waals surface area contributed by atoms with Gasteiger partial charge in [0.15, 0.2) is 0 Å². The molecule has 1 unspecified atom stereocenters. The molecule has 1 saturated heterocycles. The first-order valence-electron chi connectivity index (χ1n) is 7.80. The summed E-state index contributed by atoms with van der Waals surface area (Å²) >= 11 is 3.55. The number of halogens is 1. The summed E-state index contributed by atoms with van der Waals surface area (Å²) in [4.78, 5) is 7.16. The van der Waals surface area contributed by atoms with Gasteiger partial charge < -0.3 is 10.2 Å². The zero-order chi connectivity index (χ0) is 14.4. The molecule has 1 fully saturated rings. The Morgan fingerprint density at radius 3 is 3.05 bits per heavy atom. The predicted molar refractivity (Wildman–Crippen MR) is 89.2 cm³/mol. The van der Waals surface area contributed by atoms with E-state index in [4.69, 9.17) is 0 Å². The van der Waals surface area contributed by atoms with Crippen LogP contribution in [0.4, 0.5) is 5.82 Å². The number of nitrogens with zero attached hydrogens (tertiary/aromatic N) is 2. The van der Waals surface area contributed by atoms with Gasteiger partial charge in [-0.05, 0) is 60.1 Å². The molecule has 0 radical (unpaired) electrons. The molecule has 20 heavy (non-hydrogen) atoms. The smallest absolute Gasteiger partial charge is 0.133 e. The van der Waals surface area contributed by atoms with Crippen LogP contribution in [0.3, 0.4) is 0 Å². The summed E-state index contributed by atoms with van der Waals surface area (Å²) in [5.74, 6) is 2.02. The van der Waals surface area contributed by atoms with E-state index in [-0.39, 0.29) is 0 Å². The molecule has 0 aliphatic carbocycles. The van der Waals surface area contributed by atoms with Crippen molar-refractivity contribution in [3.8, 4) is 0 Å². The highest BCUT2D eigenvalue weighted by atomic mass is 79.9. The molecule has 3 nitrogen and oxygen atoms in total. The van der Waals surface area contributed by atoms with Crippen LogP contribution in [-0.2, 0) is 6.54 Å². The lowest BCUT2D eigenvalue weighted by Crippen LogP contribution is -2.27. The number of pyridine rings is 1. The Labute approximate surface area is 131 Å². The maximum atomic E-state index is 4.69. The monoisotopic (exact) mass is 339 g/mol. The highest BCUT2D eigenvalue weighted by Gasteiger charge is 2.17. The Kier molecular flexibility index (Phi) is 6.30. The third kappa shape index (κ3) is 4.45. The Bertz CT molecular complexity index is 422. The third-order valence-electron chi connectivity index (χ3n) is 3.97. The van der Waals surface area contributed by atoms with Crippen molar-refractivity contribution >= 4 is 21.7 Å². The Morgan fingerprint density at radius 1 is 1.40 bits per heavy atom. The van der Waals surface area contributed by atoms with Crippen molar-refractivity contribution in [2.45, 2.75) is 46.1 Å². The van der Waals surface area contributed by atoms with Crippen molar-refractivity contribution < 1.29 is 0 Å². The molecule has 1 aliphatic rings. The van der Waals surface area contributed by atoms with Crippen LogP contribution in [0.5, 0.6) is 0 Å². The summed E-state index contributed by atoms with van der Waals surface area (Å²) in [5, 5.41) is 3.49. The van der Waals surface area contributed by atoms with Gasteiger partial charge >= 0.3 is 0 Å². The van der Waals surface area contributed by atoms with Gasteiger partial charge in [-0.2, -0.15) is 0 Å². The molecule has 1 aromatic heterocycles. The second-order valence-electron chi connectivity index (χ2n) is 5.84.